The van der Waals surface area contributed by atoms with Crippen LogP contribution in [0.3, 0.4) is 0 Å². The summed E-state index contributed by atoms with van der Waals surface area (Å²) in [5.74, 6) is -0.185. The number of aromatic amines is 1. The number of aromatic nitrogens is 4. The van der Waals surface area contributed by atoms with Crippen molar-refractivity contribution in [2.75, 3.05) is 0 Å². The number of carbonyl (C=O) groups is 1. The van der Waals surface area contributed by atoms with E-state index in [1.54, 1.807) is 10.7 Å². The predicted octanol–water partition coefficient (Wildman–Crippen LogP) is 2.36. The molecule has 3 rings (SSSR count). The lowest BCUT2D eigenvalue weighted by Gasteiger charge is -2.03. The largest absolute Gasteiger partial charge is 0.345 e. The topological polar surface area (TPSA) is 75.6 Å². The molecule has 6 nitrogen and oxygen atoms in total. The maximum Gasteiger partial charge on any atom is 0.269 e. The third kappa shape index (κ3) is 3.31. The smallest absolute Gasteiger partial charge is 0.269 e. The number of H-pyrrole nitrogens is 1. The van der Waals surface area contributed by atoms with Crippen LogP contribution in [0.4, 0.5) is 0 Å². The van der Waals surface area contributed by atoms with E-state index in [0.29, 0.717) is 12.2 Å². The van der Waals surface area contributed by atoms with E-state index < -0.39 is 0 Å². The van der Waals surface area contributed by atoms with E-state index in [1.165, 1.54) is 5.56 Å². The van der Waals surface area contributed by atoms with Gasteiger partial charge in [0.2, 0.25) is 0 Å². The zero-order valence-corrected chi connectivity index (χ0v) is 13.4. The number of nitrogens with zero attached hydrogens (tertiary/aromatic N) is 3. The van der Waals surface area contributed by atoms with Gasteiger partial charge in [-0.2, -0.15) is 10.2 Å². The zero-order chi connectivity index (χ0) is 16.4. The van der Waals surface area contributed by atoms with Gasteiger partial charge in [-0.3, -0.25) is 14.6 Å². The van der Waals surface area contributed by atoms with E-state index in [2.05, 4.69) is 20.6 Å². The van der Waals surface area contributed by atoms with Gasteiger partial charge in [-0.15, -0.1) is 0 Å². The maximum atomic E-state index is 12.2. The number of carbonyl (C=O) groups excluding carboxylic acids is 1. The Morgan fingerprint density at radius 2 is 1.96 bits per heavy atom. The minimum atomic E-state index is -0.185. The summed E-state index contributed by atoms with van der Waals surface area (Å²) < 4.78 is 1.76. The lowest BCUT2D eigenvalue weighted by atomic mass is 10.1. The molecule has 0 saturated carbocycles. The molecule has 2 heterocycles. The van der Waals surface area contributed by atoms with Crippen molar-refractivity contribution >= 4 is 5.91 Å². The van der Waals surface area contributed by atoms with Crippen LogP contribution in [0.15, 0.2) is 36.4 Å². The van der Waals surface area contributed by atoms with Crippen molar-refractivity contribution in [3.05, 3.63) is 59.0 Å². The number of amides is 1. The molecule has 0 aliphatic carbocycles. The van der Waals surface area contributed by atoms with Gasteiger partial charge in [-0.25, -0.2) is 0 Å². The Morgan fingerprint density at radius 1 is 1.22 bits per heavy atom. The average molecular weight is 309 g/mol. The predicted molar refractivity (Wildman–Crippen MR) is 87.9 cm³/mol. The SMILES string of the molecule is Cc1ccc(-c2cc(C(=O)NCc3cc(C)nn3C)[nH]n2)cc1. The van der Waals surface area contributed by atoms with Crippen LogP contribution in [0, 0.1) is 13.8 Å². The second kappa shape index (κ2) is 6.08. The summed E-state index contributed by atoms with van der Waals surface area (Å²) in [7, 11) is 1.86. The van der Waals surface area contributed by atoms with Crippen LogP contribution < -0.4 is 5.32 Å². The molecule has 0 fully saturated rings. The van der Waals surface area contributed by atoms with Crippen LogP contribution in [0.25, 0.3) is 11.3 Å². The van der Waals surface area contributed by atoms with Crippen molar-refractivity contribution in [3.8, 4) is 11.3 Å². The maximum absolute atomic E-state index is 12.2. The summed E-state index contributed by atoms with van der Waals surface area (Å²) in [4.78, 5) is 12.2. The first-order valence-electron chi connectivity index (χ1n) is 7.43. The molecule has 1 aromatic carbocycles. The molecule has 0 spiro atoms. The lowest BCUT2D eigenvalue weighted by molar-refractivity contribution is 0.0945. The highest BCUT2D eigenvalue weighted by molar-refractivity contribution is 5.93. The number of rotatable bonds is 4. The highest BCUT2D eigenvalue weighted by atomic mass is 16.1. The third-order valence-corrected chi connectivity index (χ3v) is 3.70. The summed E-state index contributed by atoms with van der Waals surface area (Å²) in [6.07, 6.45) is 0. The molecule has 0 aliphatic rings. The summed E-state index contributed by atoms with van der Waals surface area (Å²) in [6.45, 7) is 4.39. The molecule has 0 saturated heterocycles. The van der Waals surface area contributed by atoms with Gasteiger partial charge in [0.25, 0.3) is 5.91 Å². The van der Waals surface area contributed by atoms with Gasteiger partial charge >= 0.3 is 0 Å². The average Bonchev–Trinajstić information content (AvgIpc) is 3.12. The van der Waals surface area contributed by atoms with Gasteiger partial charge in [0.05, 0.1) is 23.6 Å². The summed E-state index contributed by atoms with van der Waals surface area (Å²) in [5.41, 5.74) is 5.25. The van der Waals surface area contributed by atoms with Crippen LogP contribution in [-0.2, 0) is 13.6 Å². The van der Waals surface area contributed by atoms with E-state index in [1.807, 2.05) is 51.2 Å². The first-order valence-corrected chi connectivity index (χ1v) is 7.43. The molecule has 0 bridgehead atoms. The molecule has 23 heavy (non-hydrogen) atoms. The Labute approximate surface area is 134 Å². The van der Waals surface area contributed by atoms with Crippen LogP contribution in [0.2, 0.25) is 0 Å². The van der Waals surface area contributed by atoms with Crippen LogP contribution in [0.5, 0.6) is 0 Å². The van der Waals surface area contributed by atoms with Gasteiger partial charge in [0, 0.05) is 12.6 Å². The van der Waals surface area contributed by atoms with Crippen molar-refractivity contribution in [2.24, 2.45) is 7.05 Å². The Balaban J connectivity index is 1.69. The Hall–Kier alpha value is -2.89. The van der Waals surface area contributed by atoms with Gasteiger partial charge in [0.1, 0.15) is 5.69 Å². The van der Waals surface area contributed by atoms with Crippen LogP contribution >= 0.6 is 0 Å². The fourth-order valence-corrected chi connectivity index (χ4v) is 2.41. The molecule has 0 radical (unpaired) electrons. The molecule has 0 atom stereocenters. The number of hydrogen-bond acceptors (Lipinski definition) is 3. The van der Waals surface area contributed by atoms with Crippen molar-refractivity contribution in [1.29, 1.82) is 0 Å². The fraction of sp³-hybridized carbons (Fsp3) is 0.235. The van der Waals surface area contributed by atoms with E-state index in [4.69, 9.17) is 0 Å². The van der Waals surface area contributed by atoms with Crippen molar-refractivity contribution in [1.82, 2.24) is 25.3 Å². The first-order chi connectivity index (χ1) is 11.0. The zero-order valence-electron chi connectivity index (χ0n) is 13.4. The Bertz CT molecular complexity index is 829. The van der Waals surface area contributed by atoms with E-state index in [0.717, 1.165) is 22.6 Å². The normalized spacial score (nSPS) is 10.7. The monoisotopic (exact) mass is 309 g/mol. The molecule has 2 N–H and O–H groups in total. The van der Waals surface area contributed by atoms with Gasteiger partial charge in [-0.05, 0) is 26.0 Å². The van der Waals surface area contributed by atoms with Crippen molar-refractivity contribution < 1.29 is 4.79 Å². The molecule has 118 valence electrons. The van der Waals surface area contributed by atoms with Crippen LogP contribution in [-0.4, -0.2) is 25.9 Å². The fourth-order valence-electron chi connectivity index (χ4n) is 2.41. The highest BCUT2D eigenvalue weighted by Gasteiger charge is 2.12. The van der Waals surface area contributed by atoms with Crippen molar-refractivity contribution in [2.45, 2.75) is 20.4 Å². The molecule has 3 aromatic rings. The van der Waals surface area contributed by atoms with Crippen LogP contribution in [0.1, 0.15) is 27.4 Å². The van der Waals surface area contributed by atoms with Gasteiger partial charge < -0.3 is 5.32 Å². The molecular weight excluding hydrogens is 290 g/mol. The Morgan fingerprint density at radius 3 is 2.61 bits per heavy atom. The van der Waals surface area contributed by atoms with Gasteiger partial charge in [0.15, 0.2) is 0 Å². The van der Waals surface area contributed by atoms with E-state index >= 15 is 0 Å². The summed E-state index contributed by atoms with van der Waals surface area (Å²) >= 11 is 0. The third-order valence-electron chi connectivity index (χ3n) is 3.70. The molecule has 6 heteroatoms. The number of hydrogen-bond donors (Lipinski definition) is 2. The Kier molecular flexibility index (Phi) is 3.97. The first kappa shape index (κ1) is 15.0. The number of aryl methyl sites for hydroxylation is 3. The summed E-state index contributed by atoms with van der Waals surface area (Å²) in [5, 5.41) is 14.1. The second-order valence-electron chi connectivity index (χ2n) is 5.62. The standard InChI is InChI=1S/C17H19N5O/c1-11-4-6-13(7-5-11)15-9-16(20-19-15)17(23)18-10-14-8-12(2)21-22(14)3/h4-9H,10H2,1-3H3,(H,18,23)(H,19,20). The quantitative estimate of drug-likeness (QED) is 0.777. The molecule has 2 aromatic heterocycles. The highest BCUT2D eigenvalue weighted by Crippen LogP contribution is 2.18. The minimum Gasteiger partial charge on any atom is -0.345 e. The molecular formula is C17H19N5O. The van der Waals surface area contributed by atoms with E-state index in [-0.39, 0.29) is 5.91 Å². The van der Waals surface area contributed by atoms with Gasteiger partial charge in [-0.1, -0.05) is 29.8 Å². The molecule has 0 aliphatic heterocycles. The number of benzene rings is 1. The minimum absolute atomic E-state index is 0.185. The summed E-state index contributed by atoms with van der Waals surface area (Å²) in [6, 6.07) is 11.7. The number of nitrogens with one attached hydrogen (secondary N) is 2. The second-order valence-corrected chi connectivity index (χ2v) is 5.62. The molecule has 0 unspecified atom stereocenters. The van der Waals surface area contributed by atoms with E-state index in [9.17, 15) is 4.79 Å². The van der Waals surface area contributed by atoms with Crippen molar-refractivity contribution in [3.63, 3.8) is 0 Å². The lowest BCUT2D eigenvalue weighted by Crippen LogP contribution is -2.24. The molecule has 1 amide bonds.